The molecule has 6 aliphatic carbocycles. The summed E-state index contributed by atoms with van der Waals surface area (Å²) in [4.78, 5) is 25.6. The van der Waals surface area contributed by atoms with Crippen molar-refractivity contribution >= 4 is 11.6 Å². The Kier molecular flexibility index (Phi) is 6.13. The van der Waals surface area contributed by atoms with Crippen LogP contribution in [0.5, 0.6) is 5.75 Å². The lowest BCUT2D eigenvalue weighted by molar-refractivity contribution is -0.211. The molecule has 0 radical (unpaired) electrons. The molecule has 0 atom stereocenters. The van der Waals surface area contributed by atoms with E-state index in [0.29, 0.717) is 32.4 Å². The van der Waals surface area contributed by atoms with Crippen LogP contribution in [0.25, 0.3) is 11.1 Å². The van der Waals surface area contributed by atoms with Crippen molar-refractivity contribution in [2.45, 2.75) is 102 Å². The molecule has 1 aromatic carbocycles. The Morgan fingerprint density at radius 1 is 1.00 bits per heavy atom. The number of alkyl halides is 1. The lowest BCUT2D eigenvalue weighted by atomic mass is 9.41. The van der Waals surface area contributed by atoms with E-state index in [2.05, 4.69) is 37.0 Å². The number of carbonyl (C=O) groups is 1. The van der Waals surface area contributed by atoms with Crippen molar-refractivity contribution < 1.29 is 18.4 Å². The molecule has 4 bridgehead atoms. The lowest BCUT2D eigenvalue weighted by Crippen LogP contribution is -2.71. The number of carbonyl (C=O) groups excluding carboxylic acids is 1. The lowest BCUT2D eigenvalue weighted by Gasteiger charge is -2.65. The van der Waals surface area contributed by atoms with Crippen molar-refractivity contribution in [3.05, 3.63) is 54.4 Å². The van der Waals surface area contributed by atoms with Crippen LogP contribution in [-0.4, -0.2) is 39.9 Å². The molecule has 3 aromatic rings. The number of benzene rings is 1. The largest absolute Gasteiger partial charge is 0.494 e. The smallest absolute Gasteiger partial charge is 0.233 e. The van der Waals surface area contributed by atoms with Crippen molar-refractivity contribution in [1.29, 1.82) is 0 Å². The first-order valence-electron chi connectivity index (χ1n) is 15.5. The third-order valence-corrected chi connectivity index (χ3v) is 10.6. The summed E-state index contributed by atoms with van der Waals surface area (Å²) in [5.74, 6) is 2.43. The zero-order chi connectivity index (χ0) is 29.4. The number of hydrogen-bond acceptors (Lipinski definition) is 6. The maximum atomic E-state index is 14.6. The summed E-state index contributed by atoms with van der Waals surface area (Å²) in [5, 5.41) is 4.32. The molecule has 0 N–H and O–H groups in total. The molecule has 42 heavy (non-hydrogen) atoms. The highest BCUT2D eigenvalue weighted by atomic mass is 19.1. The van der Waals surface area contributed by atoms with Crippen molar-refractivity contribution in [3.8, 4) is 16.9 Å². The Hall–Kier alpha value is -3.29. The summed E-state index contributed by atoms with van der Waals surface area (Å²) < 4.78 is 26.0. The quantitative estimate of drug-likeness (QED) is 0.281. The molecule has 6 saturated carbocycles. The van der Waals surface area contributed by atoms with Crippen LogP contribution in [0.2, 0.25) is 0 Å². The molecule has 0 saturated heterocycles. The van der Waals surface area contributed by atoms with Gasteiger partial charge in [0.05, 0.1) is 23.9 Å². The van der Waals surface area contributed by atoms with Gasteiger partial charge in [0.1, 0.15) is 11.4 Å². The molecular formula is C34H41FN4O3. The number of anilines is 1. The minimum Gasteiger partial charge on any atom is -0.494 e. The van der Waals surface area contributed by atoms with Crippen LogP contribution in [0, 0.1) is 10.8 Å². The molecule has 1 amide bonds. The van der Waals surface area contributed by atoms with E-state index in [4.69, 9.17) is 14.2 Å². The van der Waals surface area contributed by atoms with Crippen molar-refractivity contribution in [1.82, 2.24) is 15.1 Å². The van der Waals surface area contributed by atoms with Gasteiger partial charge in [-0.15, -0.1) is 0 Å². The minimum absolute atomic E-state index is 0.0103. The molecule has 0 aliphatic heterocycles. The van der Waals surface area contributed by atoms with Gasteiger partial charge in [0.25, 0.3) is 0 Å². The number of rotatable bonds is 8. The van der Waals surface area contributed by atoms with E-state index in [9.17, 15) is 9.18 Å². The van der Waals surface area contributed by atoms with Crippen LogP contribution in [0.4, 0.5) is 10.1 Å². The van der Waals surface area contributed by atoms with Crippen LogP contribution < -0.4 is 9.64 Å². The van der Waals surface area contributed by atoms with Gasteiger partial charge in [-0.1, -0.05) is 38.1 Å². The van der Waals surface area contributed by atoms with E-state index in [-0.39, 0.29) is 22.2 Å². The summed E-state index contributed by atoms with van der Waals surface area (Å²) >= 11 is 0. The fraction of sp³-hybridized carbons (Fsp3) is 0.588. The Morgan fingerprint density at radius 3 is 2.24 bits per heavy atom. The third kappa shape index (κ3) is 4.44. The van der Waals surface area contributed by atoms with Gasteiger partial charge in [0.15, 0.2) is 5.82 Å². The van der Waals surface area contributed by atoms with Gasteiger partial charge in [-0.25, -0.2) is 4.39 Å². The van der Waals surface area contributed by atoms with E-state index in [1.807, 2.05) is 42.3 Å². The summed E-state index contributed by atoms with van der Waals surface area (Å²) in [5.41, 5.74) is 0.859. The van der Waals surface area contributed by atoms with Crippen molar-refractivity contribution in [2.24, 2.45) is 10.8 Å². The predicted octanol–water partition coefficient (Wildman–Crippen LogP) is 7.35. The number of halogens is 1. The van der Waals surface area contributed by atoms with Crippen molar-refractivity contribution in [3.63, 3.8) is 0 Å². The van der Waals surface area contributed by atoms with Crippen LogP contribution in [0.1, 0.15) is 97.2 Å². The highest BCUT2D eigenvalue weighted by molar-refractivity contribution is 6.00. The fourth-order valence-corrected chi connectivity index (χ4v) is 8.00. The number of nitrogens with zero attached hydrogens (tertiary/aromatic N) is 4. The molecule has 0 unspecified atom stereocenters. The molecule has 2 heterocycles. The molecule has 6 aliphatic rings. The number of hydrogen-bond donors (Lipinski definition) is 0. The maximum Gasteiger partial charge on any atom is 0.233 e. The van der Waals surface area contributed by atoms with Gasteiger partial charge < -0.3 is 14.2 Å². The van der Waals surface area contributed by atoms with Gasteiger partial charge in [-0.2, -0.15) is 4.98 Å². The SMILES string of the molecule is CCOc1ccc(-c2cncc(N(CC34CCC(c5nc(C(C)(C)C)no5)(CC3)CC4)C(=O)C34CC(F)(C3)C4)c2)cc1. The summed E-state index contributed by atoms with van der Waals surface area (Å²) in [7, 11) is 0. The van der Waals surface area contributed by atoms with Gasteiger partial charge >= 0.3 is 0 Å². The molecule has 0 spiro atoms. The Labute approximate surface area is 247 Å². The molecule has 222 valence electrons. The van der Waals surface area contributed by atoms with E-state index in [1.54, 1.807) is 6.20 Å². The third-order valence-electron chi connectivity index (χ3n) is 10.6. The molecule has 6 fully saturated rings. The predicted molar refractivity (Wildman–Crippen MR) is 158 cm³/mol. The summed E-state index contributed by atoms with van der Waals surface area (Å²) in [6, 6.07) is 10.0. The summed E-state index contributed by atoms with van der Waals surface area (Å²) in [6.07, 6.45) is 10.6. The highest BCUT2D eigenvalue weighted by Crippen LogP contribution is 2.70. The topological polar surface area (TPSA) is 81.3 Å². The van der Waals surface area contributed by atoms with E-state index in [1.165, 1.54) is 0 Å². The second-order valence-corrected chi connectivity index (χ2v) is 14.7. The Bertz CT molecular complexity index is 1460. The van der Waals surface area contributed by atoms with Gasteiger partial charge in [0, 0.05) is 29.1 Å². The Balaban J connectivity index is 1.15. The monoisotopic (exact) mass is 572 g/mol. The van der Waals surface area contributed by atoms with Gasteiger partial charge in [-0.3, -0.25) is 9.78 Å². The number of ether oxygens (including phenoxy) is 1. The van der Waals surface area contributed by atoms with E-state index < -0.39 is 11.1 Å². The first kappa shape index (κ1) is 27.5. The first-order chi connectivity index (χ1) is 20.0. The number of aromatic nitrogens is 3. The highest BCUT2D eigenvalue weighted by Gasteiger charge is 2.73. The minimum atomic E-state index is -1.13. The molecule has 8 heteroatoms. The zero-order valence-electron chi connectivity index (χ0n) is 25.2. The van der Waals surface area contributed by atoms with Crippen LogP contribution >= 0.6 is 0 Å². The van der Waals surface area contributed by atoms with Crippen molar-refractivity contribution in [2.75, 3.05) is 18.1 Å². The van der Waals surface area contributed by atoms with Crippen LogP contribution in [-0.2, 0) is 15.6 Å². The number of amides is 1. The second kappa shape index (κ2) is 9.35. The first-order valence-corrected chi connectivity index (χ1v) is 15.5. The second-order valence-electron chi connectivity index (χ2n) is 14.7. The zero-order valence-corrected chi connectivity index (χ0v) is 25.2. The molecule has 9 rings (SSSR count). The number of pyridine rings is 1. The molecule has 7 nitrogen and oxygen atoms in total. The van der Waals surface area contributed by atoms with Gasteiger partial charge in [0.2, 0.25) is 11.8 Å². The van der Waals surface area contributed by atoms with Crippen LogP contribution in [0.3, 0.4) is 0 Å². The molecule has 2 aromatic heterocycles. The average Bonchev–Trinajstić information content (AvgIpc) is 3.48. The van der Waals surface area contributed by atoms with Gasteiger partial charge in [-0.05, 0) is 93.9 Å². The number of fused-ring (bicyclic) bond motifs is 3. The normalized spacial score (nSPS) is 31.3. The van der Waals surface area contributed by atoms with E-state index >= 15 is 0 Å². The standard InChI is InChI=1S/C34H41FN4O3/c1-5-41-26-8-6-23(7-9-26)24-16-25(18-36-17-24)39(29(40)33-19-34(35,20-33)21-33)22-31-10-13-32(14-11-31,15-12-31)28-37-27(38-42-28)30(2,3)4/h6-9,16-18H,5,10-15,19-22H2,1-4H3. The summed E-state index contributed by atoms with van der Waals surface area (Å²) in [6.45, 7) is 9.53. The van der Waals surface area contributed by atoms with E-state index in [0.717, 1.165) is 72.8 Å². The Morgan fingerprint density at radius 2 is 1.67 bits per heavy atom. The fourth-order valence-electron chi connectivity index (χ4n) is 8.00. The molecular weight excluding hydrogens is 531 g/mol. The maximum absolute atomic E-state index is 14.6. The van der Waals surface area contributed by atoms with Crippen LogP contribution in [0.15, 0.2) is 47.2 Å². The average molecular weight is 573 g/mol.